The van der Waals surface area contributed by atoms with Gasteiger partial charge in [0, 0.05) is 0 Å². The summed E-state index contributed by atoms with van der Waals surface area (Å²) in [6, 6.07) is 0. The zero-order valence-electron chi connectivity index (χ0n) is 16.5. The predicted molar refractivity (Wildman–Crippen MR) is 60.5 cm³/mol. The summed E-state index contributed by atoms with van der Waals surface area (Å²) < 4.78 is 297. The summed E-state index contributed by atoms with van der Waals surface area (Å²) in [5.74, 6) is -95.1. The number of halogens is 23. The summed E-state index contributed by atoms with van der Waals surface area (Å²) >= 11 is 0. The molecule has 0 saturated carbocycles. The summed E-state index contributed by atoms with van der Waals surface area (Å²) in [5, 5.41) is 9.74. The molecule has 0 aromatic rings. The number of aliphatic carboxylic acids is 1. The van der Waals surface area contributed by atoms with Crippen LogP contribution in [0.25, 0.3) is 0 Å². The van der Waals surface area contributed by atoms with E-state index in [0.717, 1.165) is 0 Å². The second-order valence-corrected chi connectivity index (χ2v) is 6.53. The van der Waals surface area contributed by atoms with E-state index in [2.05, 4.69) is 0 Å². The van der Waals surface area contributed by atoms with Crippen LogP contribution >= 0.6 is 0 Å². The molecule has 2 nitrogen and oxygen atoms in total. The van der Waals surface area contributed by atoms with Gasteiger partial charge in [-0.15, -0.1) is 0 Å². The van der Waals surface area contributed by atoms with Gasteiger partial charge in [0.2, 0.25) is 0 Å². The minimum absolute atomic E-state index is 0. The Hall–Kier alpha value is -0.504. The van der Waals surface area contributed by atoms with Crippen LogP contribution in [-0.4, -0.2) is 71.4 Å². The van der Waals surface area contributed by atoms with Crippen LogP contribution in [0.2, 0.25) is 0 Å². The average Bonchev–Trinajstić information content (AvgIpc) is 2.65. The number of rotatable bonds is 10. The summed E-state index contributed by atoms with van der Waals surface area (Å²) in [5.41, 5.74) is 0. The third kappa shape index (κ3) is 4.63. The molecule has 0 bridgehead atoms. The Morgan fingerprint density at radius 1 is 0.342 bits per heavy atom. The molecule has 0 fully saturated rings. The quantitative estimate of drug-likeness (QED) is 0.269. The van der Waals surface area contributed by atoms with Crippen LogP contribution in [0.1, 0.15) is 0 Å². The first kappa shape index (κ1) is 39.6. The summed E-state index contributed by atoms with van der Waals surface area (Å²) in [6.45, 7) is 0. The fraction of sp³-hybridized carbons (Fsp3) is 0.917. The van der Waals surface area contributed by atoms with Crippen molar-refractivity contribution in [2.45, 2.75) is 65.4 Å². The third-order valence-corrected chi connectivity index (χ3v) is 4.16. The molecule has 0 N–H and O–H groups in total. The maximum absolute atomic E-state index is 13.3. The number of carboxylic acids is 1. The van der Waals surface area contributed by atoms with Crippen LogP contribution in [0, 0.1) is 0 Å². The molecular weight excluding hydrogens is 652 g/mol. The van der Waals surface area contributed by atoms with Gasteiger partial charge in [0.15, 0.2) is 0 Å². The van der Waals surface area contributed by atoms with Crippen molar-refractivity contribution in [2.24, 2.45) is 0 Å². The molecule has 0 aromatic heterocycles. The number of alkyl halides is 23. The monoisotopic (exact) mass is 652 g/mol. The fourth-order valence-electron chi connectivity index (χ4n) is 1.88. The maximum Gasteiger partial charge on any atom is 1.00 e. The molecule has 0 radical (unpaired) electrons. The molecule has 0 atom stereocenters. The van der Waals surface area contributed by atoms with Gasteiger partial charge in [-0.05, 0) is 0 Å². The van der Waals surface area contributed by atoms with Crippen molar-refractivity contribution in [1.82, 2.24) is 0 Å². The van der Waals surface area contributed by atoms with E-state index in [1.165, 1.54) is 0 Å². The van der Waals surface area contributed by atoms with Gasteiger partial charge in [-0.1, -0.05) is 0 Å². The topological polar surface area (TPSA) is 40.1 Å². The molecule has 222 valence electrons. The van der Waals surface area contributed by atoms with Crippen LogP contribution in [0.15, 0.2) is 0 Å². The Morgan fingerprint density at radius 2 is 0.500 bits per heavy atom. The van der Waals surface area contributed by atoms with E-state index in [1.807, 2.05) is 0 Å². The second kappa shape index (κ2) is 9.80. The first-order valence-electron chi connectivity index (χ1n) is 7.50. The van der Waals surface area contributed by atoms with E-state index in [-0.39, 0.29) is 51.4 Å². The molecular formula is C12F23KO2. The van der Waals surface area contributed by atoms with Crippen LogP contribution in [-0.2, 0) is 4.79 Å². The predicted octanol–water partition coefficient (Wildman–Crippen LogP) is 2.66. The van der Waals surface area contributed by atoms with Crippen molar-refractivity contribution in [1.29, 1.82) is 0 Å². The number of carbonyl (C=O) groups is 1. The Kier molecular flexibility index (Phi) is 10.2. The van der Waals surface area contributed by atoms with Crippen molar-refractivity contribution in [3.63, 3.8) is 0 Å². The zero-order valence-corrected chi connectivity index (χ0v) is 19.6. The molecule has 0 aliphatic heterocycles. The molecule has 38 heavy (non-hydrogen) atoms. The molecule has 0 saturated heterocycles. The van der Waals surface area contributed by atoms with Crippen molar-refractivity contribution in [3.8, 4) is 0 Å². The van der Waals surface area contributed by atoms with Crippen molar-refractivity contribution < 1.29 is 162 Å². The Bertz CT molecular complexity index is 885. The van der Waals surface area contributed by atoms with Crippen LogP contribution in [0.4, 0.5) is 101 Å². The van der Waals surface area contributed by atoms with Crippen LogP contribution in [0.5, 0.6) is 0 Å². The molecule has 0 spiro atoms. The van der Waals surface area contributed by atoms with E-state index in [4.69, 9.17) is 0 Å². The van der Waals surface area contributed by atoms with Gasteiger partial charge in [-0.25, -0.2) is 0 Å². The van der Waals surface area contributed by atoms with Crippen molar-refractivity contribution in [3.05, 3.63) is 0 Å². The van der Waals surface area contributed by atoms with Gasteiger partial charge in [0.05, 0.1) is 0 Å². The summed E-state index contributed by atoms with van der Waals surface area (Å²) in [7, 11) is 0. The molecule has 0 aliphatic carbocycles. The molecule has 0 aromatic carbocycles. The summed E-state index contributed by atoms with van der Waals surface area (Å²) in [6.07, 6.45) is -8.14. The van der Waals surface area contributed by atoms with Crippen molar-refractivity contribution in [2.75, 3.05) is 0 Å². The maximum atomic E-state index is 13.3. The summed E-state index contributed by atoms with van der Waals surface area (Å²) in [4.78, 5) is 9.74. The number of carboxylic acid groups (broad SMARTS) is 1. The molecule has 0 heterocycles. The first-order chi connectivity index (χ1) is 15.4. The van der Waals surface area contributed by atoms with Gasteiger partial charge in [0.25, 0.3) is 0 Å². The molecule has 0 amide bonds. The standard InChI is InChI=1S/C12HF23O2.K/c13-2(14,1(36)37)3(15,16)4(17,18)5(19,20)6(21,22)7(23,24)8(25,26)9(27,28)10(29,30)11(31,32)12(33,34)35;/h(H,36,37);/q;+1/p-1. The van der Waals surface area contributed by atoms with E-state index < -0.39 is 71.4 Å². The van der Waals surface area contributed by atoms with E-state index >= 15 is 0 Å². The molecule has 0 rings (SSSR count). The average molecular weight is 652 g/mol. The van der Waals surface area contributed by atoms with Crippen molar-refractivity contribution >= 4 is 5.97 Å². The zero-order chi connectivity index (χ0) is 31.1. The molecule has 26 heteroatoms. The second-order valence-electron chi connectivity index (χ2n) is 6.53. The minimum atomic E-state index is -9.52. The van der Waals surface area contributed by atoms with Gasteiger partial charge in [0.1, 0.15) is 5.97 Å². The number of hydrogen-bond acceptors (Lipinski definition) is 2. The fourth-order valence-corrected chi connectivity index (χ4v) is 1.88. The van der Waals surface area contributed by atoms with Gasteiger partial charge < -0.3 is 9.90 Å². The largest absolute Gasteiger partial charge is 1.00 e. The number of carbonyl (C=O) groups excluding carboxylic acids is 1. The normalized spacial score (nSPS) is 16.3. The van der Waals surface area contributed by atoms with E-state index in [1.54, 1.807) is 0 Å². The minimum Gasteiger partial charge on any atom is -0.544 e. The Balaban J connectivity index is 0. The smallest absolute Gasteiger partial charge is 0.544 e. The van der Waals surface area contributed by atoms with Gasteiger partial charge in [-0.2, -0.15) is 101 Å². The van der Waals surface area contributed by atoms with Crippen LogP contribution < -0.4 is 56.5 Å². The number of hydrogen-bond donors (Lipinski definition) is 0. The SMILES string of the molecule is O=C([O-])C(F)(F)C(F)(F)C(F)(F)C(F)(F)C(F)(F)C(F)(F)C(F)(F)C(F)(F)C(F)(F)C(F)(F)C(F)(F)F.[K+]. The Labute approximate surface area is 232 Å². The Morgan fingerprint density at radius 3 is 0.658 bits per heavy atom. The van der Waals surface area contributed by atoms with E-state index in [9.17, 15) is 111 Å². The molecule has 0 unspecified atom stereocenters. The van der Waals surface area contributed by atoms with Crippen LogP contribution in [0.3, 0.4) is 0 Å². The molecule has 0 aliphatic rings. The first-order valence-corrected chi connectivity index (χ1v) is 7.50. The third-order valence-electron chi connectivity index (χ3n) is 4.16. The van der Waals surface area contributed by atoms with Gasteiger partial charge in [-0.3, -0.25) is 0 Å². The van der Waals surface area contributed by atoms with E-state index in [0.29, 0.717) is 0 Å². The van der Waals surface area contributed by atoms with Gasteiger partial charge >= 0.3 is 117 Å².